The Hall–Kier alpha value is -1.09. The van der Waals surface area contributed by atoms with Gasteiger partial charge in [-0.05, 0) is 50.4 Å². The van der Waals surface area contributed by atoms with Gasteiger partial charge in [0.2, 0.25) is 0 Å². The van der Waals surface area contributed by atoms with Crippen molar-refractivity contribution in [3.8, 4) is 5.75 Å². The fourth-order valence-corrected chi connectivity index (χ4v) is 1.86. The molecule has 1 unspecified atom stereocenters. The molecule has 1 aromatic carbocycles. The van der Waals surface area contributed by atoms with Crippen LogP contribution in [0.4, 0.5) is 4.39 Å². The molecule has 0 aliphatic heterocycles. The van der Waals surface area contributed by atoms with E-state index in [1.807, 2.05) is 6.92 Å². The van der Waals surface area contributed by atoms with Gasteiger partial charge in [0.15, 0.2) is 0 Å². The summed E-state index contributed by atoms with van der Waals surface area (Å²) in [5, 5.41) is 3.38. The average Bonchev–Trinajstić information content (AvgIpc) is 2.36. The maximum atomic E-state index is 13.8. The molecule has 1 atom stereocenters. The van der Waals surface area contributed by atoms with E-state index in [1.54, 1.807) is 19.1 Å². The second kappa shape index (κ2) is 7.49. The number of aryl methyl sites for hydroxylation is 1. The molecule has 0 saturated heterocycles. The van der Waals surface area contributed by atoms with Crippen molar-refractivity contribution in [1.29, 1.82) is 0 Å². The van der Waals surface area contributed by atoms with Crippen molar-refractivity contribution in [2.75, 3.05) is 13.2 Å². The van der Waals surface area contributed by atoms with Gasteiger partial charge in [-0.1, -0.05) is 20.8 Å². The lowest BCUT2D eigenvalue weighted by Gasteiger charge is -2.20. The minimum Gasteiger partial charge on any atom is -0.493 e. The standard InChI is InChI=1S/C16H26FNO/c1-6-7-18-13(5)14-9-15(17)12(4)8-16(14)19-10-11(2)3/h8-9,11,13,18H,6-7,10H2,1-5H3. The number of hydrogen-bond donors (Lipinski definition) is 1. The molecule has 0 spiro atoms. The van der Waals surface area contributed by atoms with Crippen molar-refractivity contribution in [2.45, 2.75) is 47.1 Å². The van der Waals surface area contributed by atoms with E-state index < -0.39 is 0 Å². The van der Waals surface area contributed by atoms with Crippen molar-refractivity contribution in [2.24, 2.45) is 5.92 Å². The minimum atomic E-state index is -0.169. The Labute approximate surface area is 116 Å². The number of rotatable bonds is 7. The lowest BCUT2D eigenvalue weighted by molar-refractivity contribution is 0.265. The predicted octanol–water partition coefficient (Wildman–Crippen LogP) is 4.23. The fourth-order valence-electron chi connectivity index (χ4n) is 1.86. The van der Waals surface area contributed by atoms with Crippen LogP contribution >= 0.6 is 0 Å². The third kappa shape index (κ3) is 4.83. The predicted molar refractivity (Wildman–Crippen MR) is 78.2 cm³/mol. The smallest absolute Gasteiger partial charge is 0.126 e. The molecule has 0 aliphatic carbocycles. The molecule has 0 fully saturated rings. The molecule has 0 aromatic heterocycles. The highest BCUT2D eigenvalue weighted by molar-refractivity contribution is 5.40. The molecule has 0 aliphatic rings. The molecule has 1 N–H and O–H groups in total. The van der Waals surface area contributed by atoms with E-state index in [9.17, 15) is 4.39 Å². The zero-order valence-electron chi connectivity index (χ0n) is 12.7. The van der Waals surface area contributed by atoms with Crippen molar-refractivity contribution in [3.05, 3.63) is 29.1 Å². The summed E-state index contributed by atoms with van der Waals surface area (Å²) >= 11 is 0. The summed E-state index contributed by atoms with van der Waals surface area (Å²) < 4.78 is 19.6. The monoisotopic (exact) mass is 267 g/mol. The highest BCUT2D eigenvalue weighted by Crippen LogP contribution is 2.28. The van der Waals surface area contributed by atoms with Crippen LogP contribution in [0.1, 0.15) is 51.3 Å². The van der Waals surface area contributed by atoms with E-state index in [0.29, 0.717) is 18.1 Å². The van der Waals surface area contributed by atoms with Crippen LogP contribution in [0.25, 0.3) is 0 Å². The van der Waals surface area contributed by atoms with Gasteiger partial charge in [0, 0.05) is 11.6 Å². The van der Waals surface area contributed by atoms with Gasteiger partial charge in [0.1, 0.15) is 11.6 Å². The van der Waals surface area contributed by atoms with Crippen LogP contribution in [0.3, 0.4) is 0 Å². The first-order valence-corrected chi connectivity index (χ1v) is 7.11. The Bertz CT molecular complexity index is 404. The normalized spacial score (nSPS) is 12.8. The second-order valence-corrected chi connectivity index (χ2v) is 5.52. The highest BCUT2D eigenvalue weighted by atomic mass is 19.1. The van der Waals surface area contributed by atoms with Crippen molar-refractivity contribution < 1.29 is 9.13 Å². The van der Waals surface area contributed by atoms with Crippen LogP contribution in [0.15, 0.2) is 12.1 Å². The van der Waals surface area contributed by atoms with Gasteiger partial charge in [-0.25, -0.2) is 4.39 Å². The van der Waals surface area contributed by atoms with Gasteiger partial charge in [0.05, 0.1) is 6.61 Å². The molecule has 1 aromatic rings. The van der Waals surface area contributed by atoms with Gasteiger partial charge in [-0.2, -0.15) is 0 Å². The van der Waals surface area contributed by atoms with E-state index >= 15 is 0 Å². The summed E-state index contributed by atoms with van der Waals surface area (Å²) in [6, 6.07) is 3.49. The average molecular weight is 267 g/mol. The zero-order valence-corrected chi connectivity index (χ0v) is 12.7. The van der Waals surface area contributed by atoms with E-state index in [4.69, 9.17) is 4.74 Å². The molecule has 0 heterocycles. The highest BCUT2D eigenvalue weighted by Gasteiger charge is 2.14. The molecular weight excluding hydrogens is 241 g/mol. The van der Waals surface area contributed by atoms with Crippen molar-refractivity contribution in [1.82, 2.24) is 5.32 Å². The number of benzene rings is 1. The van der Waals surface area contributed by atoms with Crippen molar-refractivity contribution in [3.63, 3.8) is 0 Å². The van der Waals surface area contributed by atoms with Gasteiger partial charge in [-0.15, -0.1) is 0 Å². The summed E-state index contributed by atoms with van der Waals surface area (Å²) in [4.78, 5) is 0. The van der Waals surface area contributed by atoms with Crippen LogP contribution in [-0.2, 0) is 0 Å². The van der Waals surface area contributed by atoms with Gasteiger partial charge in [-0.3, -0.25) is 0 Å². The molecule has 0 amide bonds. The molecule has 3 heteroatoms. The van der Waals surface area contributed by atoms with Crippen LogP contribution in [0.5, 0.6) is 5.75 Å². The van der Waals surface area contributed by atoms with Crippen LogP contribution in [0.2, 0.25) is 0 Å². The van der Waals surface area contributed by atoms with Gasteiger partial charge >= 0.3 is 0 Å². The Morgan fingerprint density at radius 2 is 1.95 bits per heavy atom. The first-order valence-electron chi connectivity index (χ1n) is 7.11. The molecule has 19 heavy (non-hydrogen) atoms. The van der Waals surface area contributed by atoms with Gasteiger partial charge < -0.3 is 10.1 Å². The largest absolute Gasteiger partial charge is 0.493 e. The van der Waals surface area contributed by atoms with E-state index in [2.05, 4.69) is 26.1 Å². The summed E-state index contributed by atoms with van der Waals surface area (Å²) in [5.74, 6) is 1.08. The molecule has 108 valence electrons. The topological polar surface area (TPSA) is 21.3 Å². The third-order valence-corrected chi connectivity index (χ3v) is 3.03. The van der Waals surface area contributed by atoms with Crippen LogP contribution in [-0.4, -0.2) is 13.2 Å². The fraction of sp³-hybridized carbons (Fsp3) is 0.625. The van der Waals surface area contributed by atoms with Crippen LogP contribution in [0, 0.1) is 18.7 Å². The summed E-state index contributed by atoms with van der Waals surface area (Å²) in [5.41, 5.74) is 1.53. The maximum Gasteiger partial charge on any atom is 0.126 e. The quantitative estimate of drug-likeness (QED) is 0.798. The first kappa shape index (κ1) is 16.0. The number of nitrogens with one attached hydrogen (secondary N) is 1. The zero-order chi connectivity index (χ0) is 14.4. The van der Waals surface area contributed by atoms with E-state index in [1.165, 1.54) is 0 Å². The Kier molecular flexibility index (Phi) is 6.29. The van der Waals surface area contributed by atoms with Crippen molar-refractivity contribution >= 4 is 0 Å². The van der Waals surface area contributed by atoms with Crippen LogP contribution < -0.4 is 10.1 Å². The first-order chi connectivity index (χ1) is 8.95. The number of ether oxygens (including phenoxy) is 1. The van der Waals surface area contributed by atoms with E-state index in [-0.39, 0.29) is 11.9 Å². The number of halogens is 1. The summed E-state index contributed by atoms with van der Waals surface area (Å²) in [6.45, 7) is 11.7. The SMILES string of the molecule is CCCNC(C)c1cc(F)c(C)cc1OCC(C)C. The Balaban J connectivity index is 2.94. The maximum absolute atomic E-state index is 13.8. The molecule has 0 saturated carbocycles. The molecule has 0 radical (unpaired) electrons. The number of hydrogen-bond acceptors (Lipinski definition) is 2. The van der Waals surface area contributed by atoms with Gasteiger partial charge in [0.25, 0.3) is 0 Å². The summed E-state index contributed by atoms with van der Waals surface area (Å²) in [7, 11) is 0. The minimum absolute atomic E-state index is 0.0946. The van der Waals surface area contributed by atoms with E-state index in [0.717, 1.165) is 24.3 Å². The molecular formula is C16H26FNO. The molecule has 0 bridgehead atoms. The molecule has 2 nitrogen and oxygen atoms in total. The molecule has 1 rings (SSSR count). The third-order valence-electron chi connectivity index (χ3n) is 3.03. The second-order valence-electron chi connectivity index (χ2n) is 5.52. The summed E-state index contributed by atoms with van der Waals surface area (Å²) in [6.07, 6.45) is 1.06. The Morgan fingerprint density at radius 3 is 2.53 bits per heavy atom. The Morgan fingerprint density at radius 1 is 1.26 bits per heavy atom. The lowest BCUT2D eigenvalue weighted by Crippen LogP contribution is -2.20. The lowest BCUT2D eigenvalue weighted by atomic mass is 10.0.